The van der Waals surface area contributed by atoms with Gasteiger partial charge in [0.1, 0.15) is 5.82 Å². The van der Waals surface area contributed by atoms with Crippen LogP contribution in [-0.2, 0) is 12.8 Å². The Kier molecular flexibility index (Phi) is 6.65. The number of unbranched alkanes of at least 4 members (excludes halogenated alkanes) is 2. The quantitative estimate of drug-likeness (QED) is 0.318. The van der Waals surface area contributed by atoms with E-state index in [0.717, 1.165) is 36.0 Å². The molecule has 1 N–H and O–H groups in total. The molecule has 1 aliphatic heterocycles. The molecule has 2 aromatic carbocycles. The van der Waals surface area contributed by atoms with Gasteiger partial charge in [0.15, 0.2) is 5.82 Å². The first-order chi connectivity index (χ1) is 16.8. The lowest BCUT2D eigenvalue weighted by atomic mass is 9.94. The van der Waals surface area contributed by atoms with Crippen LogP contribution in [-0.4, -0.2) is 30.2 Å². The Bertz CT molecular complexity index is 1250. The van der Waals surface area contributed by atoms with Crippen LogP contribution in [0.3, 0.4) is 0 Å². The van der Waals surface area contributed by atoms with Crippen LogP contribution in [0.25, 0.3) is 28.6 Å². The van der Waals surface area contributed by atoms with Gasteiger partial charge in [0, 0.05) is 12.0 Å². The number of aromatic amines is 1. The van der Waals surface area contributed by atoms with Gasteiger partial charge < -0.3 is 4.57 Å². The first-order valence-electron chi connectivity index (χ1n) is 12.5. The Morgan fingerprint density at radius 2 is 1.71 bits per heavy atom. The van der Waals surface area contributed by atoms with Crippen molar-refractivity contribution in [2.45, 2.75) is 64.8 Å². The van der Waals surface area contributed by atoms with Gasteiger partial charge in [-0.3, -0.25) is 0 Å². The largest absolute Gasteiger partial charge is 0.320 e. The molecule has 5 rings (SSSR count). The van der Waals surface area contributed by atoms with E-state index in [4.69, 9.17) is 4.98 Å². The molecular formula is C28H32N6. The van der Waals surface area contributed by atoms with Crippen LogP contribution in [0.2, 0.25) is 0 Å². The maximum atomic E-state index is 5.14. The molecule has 0 spiro atoms. The van der Waals surface area contributed by atoms with E-state index < -0.39 is 0 Å². The molecule has 0 radical (unpaired) electrons. The third-order valence-electron chi connectivity index (χ3n) is 6.70. The Hall–Kier alpha value is -3.54. The number of nitrogens with zero attached hydrogens (tertiary/aromatic N) is 5. The van der Waals surface area contributed by atoms with Gasteiger partial charge in [-0.1, -0.05) is 81.3 Å². The number of fused-ring (bicyclic) bond motifs is 1. The van der Waals surface area contributed by atoms with E-state index in [0.29, 0.717) is 5.82 Å². The summed E-state index contributed by atoms with van der Waals surface area (Å²) in [5.41, 5.74) is 7.17. The van der Waals surface area contributed by atoms with Gasteiger partial charge >= 0.3 is 0 Å². The summed E-state index contributed by atoms with van der Waals surface area (Å²) in [6, 6.07) is 17.5. The molecule has 2 aromatic heterocycles. The predicted molar refractivity (Wildman–Crippen MR) is 136 cm³/mol. The van der Waals surface area contributed by atoms with E-state index in [1.54, 1.807) is 0 Å². The van der Waals surface area contributed by atoms with Crippen molar-refractivity contribution in [3.8, 4) is 22.5 Å². The minimum atomic E-state index is 0.289. The zero-order chi connectivity index (χ0) is 23.3. The van der Waals surface area contributed by atoms with Gasteiger partial charge in [-0.15, -0.1) is 5.10 Å². The van der Waals surface area contributed by atoms with Gasteiger partial charge in [-0.05, 0) is 58.9 Å². The summed E-state index contributed by atoms with van der Waals surface area (Å²) in [7, 11) is 0. The van der Waals surface area contributed by atoms with Gasteiger partial charge in [-0.2, -0.15) is 0 Å². The monoisotopic (exact) mass is 452 g/mol. The number of tetrazole rings is 1. The number of H-pyrrole nitrogens is 1. The number of aromatic nitrogens is 6. The van der Waals surface area contributed by atoms with E-state index in [1.165, 1.54) is 48.5 Å². The fourth-order valence-corrected chi connectivity index (χ4v) is 4.91. The van der Waals surface area contributed by atoms with Crippen LogP contribution >= 0.6 is 0 Å². The van der Waals surface area contributed by atoms with Gasteiger partial charge in [0.25, 0.3) is 0 Å². The molecule has 0 bridgehead atoms. The van der Waals surface area contributed by atoms with Crippen molar-refractivity contribution in [1.82, 2.24) is 30.2 Å². The molecule has 0 amide bonds. The first kappa shape index (κ1) is 22.3. The fraction of sp³-hybridized carbons (Fsp3) is 0.357. The van der Waals surface area contributed by atoms with E-state index in [1.807, 2.05) is 12.1 Å². The molecule has 6 nitrogen and oxygen atoms in total. The van der Waals surface area contributed by atoms with Crippen LogP contribution < -0.4 is 0 Å². The number of nitrogens with one attached hydrogen (secondary N) is 1. The summed E-state index contributed by atoms with van der Waals surface area (Å²) < 4.78 is 2.52. The maximum absolute atomic E-state index is 5.14. The normalized spacial score (nSPS) is 14.9. The summed E-state index contributed by atoms with van der Waals surface area (Å²) in [6.07, 6.45) is 12.4. The molecule has 1 atom stereocenters. The molecule has 0 fully saturated rings. The van der Waals surface area contributed by atoms with Gasteiger partial charge in [-0.25, -0.2) is 10.1 Å². The molecule has 0 saturated carbocycles. The summed E-state index contributed by atoms with van der Waals surface area (Å²) in [5, 5.41) is 14.5. The van der Waals surface area contributed by atoms with Gasteiger partial charge in [0.05, 0.1) is 17.4 Å². The second-order valence-electron chi connectivity index (χ2n) is 9.01. The van der Waals surface area contributed by atoms with E-state index in [2.05, 4.69) is 87.6 Å². The summed E-state index contributed by atoms with van der Waals surface area (Å²) >= 11 is 0. The second-order valence-corrected chi connectivity index (χ2v) is 9.01. The van der Waals surface area contributed by atoms with Crippen LogP contribution in [0.15, 0.2) is 54.6 Å². The standard InChI is InChI=1S/C28H32N6/c1-3-5-12-24-26-14-9-13-25(34(26)27(29-24)15-6-4-2)21-18-16-20(17-19-21)22-10-7-8-11-23(22)28-30-32-33-31-28/h7-11,14,16-19,25H,3-6,12-13,15H2,1-2H3,(H,30,31,32,33). The Morgan fingerprint density at radius 1 is 0.941 bits per heavy atom. The minimum absolute atomic E-state index is 0.289. The molecule has 34 heavy (non-hydrogen) atoms. The van der Waals surface area contributed by atoms with Crippen molar-refractivity contribution in [2.24, 2.45) is 0 Å². The molecule has 1 unspecified atom stereocenters. The summed E-state index contributed by atoms with van der Waals surface area (Å²) in [6.45, 7) is 4.50. The van der Waals surface area contributed by atoms with E-state index in [-0.39, 0.29) is 6.04 Å². The number of aryl methyl sites for hydroxylation is 2. The van der Waals surface area contributed by atoms with Crippen molar-refractivity contribution < 1.29 is 0 Å². The highest BCUT2D eigenvalue weighted by molar-refractivity contribution is 5.80. The predicted octanol–water partition coefficient (Wildman–Crippen LogP) is 6.42. The first-order valence-corrected chi connectivity index (χ1v) is 12.5. The topological polar surface area (TPSA) is 72.3 Å². The SMILES string of the molecule is CCCCc1nc(CCCC)n2c1C=CCC2c1ccc(-c2ccccc2-c2nnn[nH]2)cc1. The lowest BCUT2D eigenvalue weighted by molar-refractivity contribution is 0.543. The van der Waals surface area contributed by atoms with Gasteiger partial charge in [0.2, 0.25) is 0 Å². The third kappa shape index (κ3) is 4.32. The van der Waals surface area contributed by atoms with E-state index >= 15 is 0 Å². The van der Waals surface area contributed by atoms with Crippen LogP contribution in [0.4, 0.5) is 0 Å². The second kappa shape index (κ2) is 10.2. The lowest BCUT2D eigenvalue weighted by Crippen LogP contribution is -2.17. The third-order valence-corrected chi connectivity index (χ3v) is 6.70. The number of rotatable bonds is 9. The van der Waals surface area contributed by atoms with Crippen molar-refractivity contribution in [3.63, 3.8) is 0 Å². The molecule has 0 aliphatic carbocycles. The Morgan fingerprint density at radius 3 is 2.44 bits per heavy atom. The van der Waals surface area contributed by atoms with Crippen molar-refractivity contribution >= 4 is 6.08 Å². The molecule has 6 heteroatoms. The average Bonchev–Trinajstić information content (AvgIpc) is 3.55. The zero-order valence-electron chi connectivity index (χ0n) is 20.0. The van der Waals surface area contributed by atoms with Crippen molar-refractivity contribution in [3.05, 3.63) is 77.4 Å². The Balaban J connectivity index is 1.49. The smallest absolute Gasteiger partial charge is 0.180 e. The van der Waals surface area contributed by atoms with E-state index in [9.17, 15) is 0 Å². The molecule has 174 valence electrons. The maximum Gasteiger partial charge on any atom is 0.180 e. The Labute approximate surface area is 201 Å². The highest BCUT2D eigenvalue weighted by atomic mass is 15.5. The van der Waals surface area contributed by atoms with Crippen LogP contribution in [0.5, 0.6) is 0 Å². The molecule has 3 heterocycles. The number of imidazole rings is 1. The van der Waals surface area contributed by atoms with Crippen molar-refractivity contribution in [1.29, 1.82) is 0 Å². The number of allylic oxidation sites excluding steroid dienone is 1. The number of hydrogen-bond acceptors (Lipinski definition) is 4. The molecule has 1 aliphatic rings. The number of hydrogen-bond donors (Lipinski definition) is 1. The molecular weight excluding hydrogens is 420 g/mol. The summed E-state index contributed by atoms with van der Waals surface area (Å²) in [4.78, 5) is 5.14. The minimum Gasteiger partial charge on any atom is -0.320 e. The molecule has 4 aromatic rings. The fourth-order valence-electron chi connectivity index (χ4n) is 4.91. The van der Waals surface area contributed by atoms with Crippen LogP contribution in [0, 0.1) is 0 Å². The lowest BCUT2D eigenvalue weighted by Gasteiger charge is -2.25. The average molecular weight is 453 g/mol. The number of benzene rings is 2. The van der Waals surface area contributed by atoms with Crippen LogP contribution in [0.1, 0.15) is 74.8 Å². The van der Waals surface area contributed by atoms with Crippen molar-refractivity contribution in [2.75, 3.05) is 0 Å². The zero-order valence-corrected chi connectivity index (χ0v) is 20.0. The highest BCUT2D eigenvalue weighted by Crippen LogP contribution is 2.35. The summed E-state index contributed by atoms with van der Waals surface area (Å²) in [5.74, 6) is 1.92. The highest BCUT2D eigenvalue weighted by Gasteiger charge is 2.25. The molecule has 0 saturated heterocycles.